The molecule has 0 aliphatic heterocycles. The third kappa shape index (κ3) is 1.87. The van der Waals surface area contributed by atoms with Crippen molar-refractivity contribution in [2.75, 3.05) is 11.5 Å². The second kappa shape index (κ2) is 4.39. The van der Waals surface area contributed by atoms with Crippen LogP contribution in [0.3, 0.4) is 0 Å². The molecule has 0 saturated carbocycles. The first kappa shape index (κ1) is 12.0. The molecular formula is C11H8ClN5O. The van der Waals surface area contributed by atoms with E-state index in [2.05, 4.69) is 9.97 Å². The summed E-state index contributed by atoms with van der Waals surface area (Å²) < 4.78 is 0. The first-order valence-electron chi connectivity index (χ1n) is 4.85. The Bertz CT molecular complexity index is 645. The smallest absolute Gasteiger partial charge is 0.222 e. The average Bonchev–Trinajstić information content (AvgIpc) is 2.28. The van der Waals surface area contributed by atoms with E-state index in [9.17, 15) is 5.11 Å². The lowest BCUT2D eigenvalue weighted by Crippen LogP contribution is -2.05. The number of phenolic OH excluding ortho intramolecular Hbond substituents is 1. The van der Waals surface area contributed by atoms with Crippen molar-refractivity contribution in [2.24, 2.45) is 0 Å². The van der Waals surface area contributed by atoms with Crippen LogP contribution in [0.15, 0.2) is 18.2 Å². The Hall–Kier alpha value is -2.52. The molecule has 0 fully saturated rings. The fourth-order valence-corrected chi connectivity index (χ4v) is 1.79. The minimum Gasteiger partial charge on any atom is -0.507 e. The van der Waals surface area contributed by atoms with Gasteiger partial charge in [0.15, 0.2) is 0 Å². The van der Waals surface area contributed by atoms with Gasteiger partial charge in [-0.15, -0.1) is 0 Å². The Morgan fingerprint density at radius 2 is 2.00 bits per heavy atom. The van der Waals surface area contributed by atoms with E-state index in [4.69, 9.17) is 28.3 Å². The molecule has 0 bridgehead atoms. The Labute approximate surface area is 107 Å². The number of anilines is 2. The SMILES string of the molecule is N#Cc1c(N)nc(N)nc1-c1c(O)cccc1Cl. The fraction of sp³-hybridized carbons (Fsp3) is 0. The zero-order valence-electron chi connectivity index (χ0n) is 9.05. The summed E-state index contributed by atoms with van der Waals surface area (Å²) in [6.45, 7) is 0. The van der Waals surface area contributed by atoms with Crippen molar-refractivity contribution in [2.45, 2.75) is 0 Å². The first-order valence-corrected chi connectivity index (χ1v) is 5.23. The lowest BCUT2D eigenvalue weighted by Gasteiger charge is -2.09. The normalized spacial score (nSPS) is 10.0. The summed E-state index contributed by atoms with van der Waals surface area (Å²) in [5, 5.41) is 19.1. The number of nitrogen functional groups attached to an aromatic ring is 2. The van der Waals surface area contributed by atoms with Gasteiger partial charge in [-0.05, 0) is 12.1 Å². The van der Waals surface area contributed by atoms with Crippen LogP contribution in [0, 0.1) is 11.3 Å². The molecule has 0 spiro atoms. The molecular weight excluding hydrogens is 254 g/mol. The molecule has 0 aliphatic rings. The number of phenols is 1. The lowest BCUT2D eigenvalue weighted by atomic mass is 10.1. The van der Waals surface area contributed by atoms with Gasteiger partial charge in [0.2, 0.25) is 5.95 Å². The van der Waals surface area contributed by atoms with Gasteiger partial charge < -0.3 is 16.6 Å². The standard InChI is InChI=1S/C11H8ClN5O/c12-6-2-1-3-7(18)8(6)9-5(4-13)10(14)17-11(15)16-9/h1-3,18H,(H4,14,15,16,17). The monoisotopic (exact) mass is 261 g/mol. The largest absolute Gasteiger partial charge is 0.507 e. The van der Waals surface area contributed by atoms with E-state index in [1.165, 1.54) is 6.07 Å². The predicted molar refractivity (Wildman–Crippen MR) is 67.7 cm³/mol. The Balaban J connectivity index is 2.84. The van der Waals surface area contributed by atoms with Crippen LogP contribution < -0.4 is 11.5 Å². The molecule has 2 rings (SSSR count). The number of nitrogens with zero attached hydrogens (tertiary/aromatic N) is 3. The zero-order valence-corrected chi connectivity index (χ0v) is 9.81. The fourth-order valence-electron chi connectivity index (χ4n) is 1.53. The van der Waals surface area contributed by atoms with Gasteiger partial charge in [-0.25, -0.2) is 4.98 Å². The van der Waals surface area contributed by atoms with Crippen LogP contribution in [0.25, 0.3) is 11.3 Å². The quantitative estimate of drug-likeness (QED) is 0.716. The Morgan fingerprint density at radius 1 is 1.28 bits per heavy atom. The molecule has 5 N–H and O–H groups in total. The van der Waals surface area contributed by atoms with Crippen molar-refractivity contribution in [1.82, 2.24) is 9.97 Å². The van der Waals surface area contributed by atoms with Crippen LogP contribution in [0.4, 0.5) is 11.8 Å². The number of hydrogen-bond donors (Lipinski definition) is 3. The molecule has 0 unspecified atom stereocenters. The topological polar surface area (TPSA) is 122 Å². The van der Waals surface area contributed by atoms with Gasteiger partial charge in [-0.3, -0.25) is 0 Å². The molecule has 0 atom stereocenters. The molecule has 1 aromatic carbocycles. The molecule has 90 valence electrons. The van der Waals surface area contributed by atoms with Gasteiger partial charge >= 0.3 is 0 Å². The summed E-state index contributed by atoms with van der Waals surface area (Å²) in [5.74, 6) is -0.267. The van der Waals surface area contributed by atoms with Gasteiger partial charge in [0.1, 0.15) is 28.9 Å². The lowest BCUT2D eigenvalue weighted by molar-refractivity contribution is 0.477. The minimum atomic E-state index is -0.114. The molecule has 6 nitrogen and oxygen atoms in total. The number of rotatable bonds is 1. The highest BCUT2D eigenvalue weighted by molar-refractivity contribution is 6.33. The first-order chi connectivity index (χ1) is 8.54. The summed E-state index contributed by atoms with van der Waals surface area (Å²) in [4.78, 5) is 7.60. The van der Waals surface area contributed by atoms with Crippen LogP contribution in [0.2, 0.25) is 5.02 Å². The maximum Gasteiger partial charge on any atom is 0.222 e. The highest BCUT2D eigenvalue weighted by Gasteiger charge is 2.18. The number of aromatic hydroxyl groups is 1. The summed E-state index contributed by atoms with van der Waals surface area (Å²) in [7, 11) is 0. The highest BCUT2D eigenvalue weighted by Crippen LogP contribution is 2.37. The Morgan fingerprint density at radius 3 is 2.61 bits per heavy atom. The molecule has 1 aromatic heterocycles. The van der Waals surface area contributed by atoms with Crippen LogP contribution >= 0.6 is 11.6 Å². The number of aromatic nitrogens is 2. The predicted octanol–water partition coefficient (Wildman–Crippen LogP) is 1.54. The average molecular weight is 262 g/mol. The van der Waals surface area contributed by atoms with Crippen molar-refractivity contribution < 1.29 is 5.11 Å². The molecule has 0 radical (unpaired) electrons. The Kier molecular flexibility index (Phi) is 2.92. The molecule has 0 saturated heterocycles. The van der Waals surface area contributed by atoms with Crippen LogP contribution in [-0.2, 0) is 0 Å². The molecule has 1 heterocycles. The second-order valence-corrected chi connectivity index (χ2v) is 3.84. The highest BCUT2D eigenvalue weighted by atomic mass is 35.5. The van der Waals surface area contributed by atoms with Crippen molar-refractivity contribution in [3.05, 3.63) is 28.8 Å². The van der Waals surface area contributed by atoms with E-state index in [-0.39, 0.29) is 39.4 Å². The van der Waals surface area contributed by atoms with Crippen molar-refractivity contribution in [3.63, 3.8) is 0 Å². The van der Waals surface area contributed by atoms with E-state index in [0.29, 0.717) is 0 Å². The second-order valence-electron chi connectivity index (χ2n) is 3.44. The number of hydrogen-bond acceptors (Lipinski definition) is 6. The number of halogens is 1. The van der Waals surface area contributed by atoms with Crippen molar-refractivity contribution in [3.8, 4) is 23.1 Å². The maximum atomic E-state index is 9.81. The summed E-state index contributed by atoms with van der Waals surface area (Å²) in [5.41, 5.74) is 11.4. The maximum absolute atomic E-state index is 9.81. The van der Waals surface area contributed by atoms with Crippen LogP contribution in [0.1, 0.15) is 5.56 Å². The van der Waals surface area contributed by atoms with Gasteiger partial charge in [0.05, 0.1) is 10.6 Å². The van der Waals surface area contributed by atoms with Gasteiger partial charge in [0.25, 0.3) is 0 Å². The van der Waals surface area contributed by atoms with Crippen LogP contribution in [0.5, 0.6) is 5.75 Å². The summed E-state index contributed by atoms with van der Waals surface area (Å²) >= 11 is 5.99. The zero-order chi connectivity index (χ0) is 13.3. The number of nitriles is 1. The van der Waals surface area contributed by atoms with Gasteiger partial charge in [0, 0.05) is 0 Å². The molecule has 7 heteroatoms. The van der Waals surface area contributed by atoms with E-state index >= 15 is 0 Å². The van der Waals surface area contributed by atoms with E-state index < -0.39 is 0 Å². The molecule has 0 amide bonds. The van der Waals surface area contributed by atoms with Crippen molar-refractivity contribution >= 4 is 23.4 Å². The third-order valence-electron chi connectivity index (χ3n) is 2.29. The number of benzene rings is 1. The van der Waals surface area contributed by atoms with Gasteiger partial charge in [-0.2, -0.15) is 10.2 Å². The number of nitrogens with two attached hydrogens (primary N) is 2. The van der Waals surface area contributed by atoms with E-state index in [0.717, 1.165) is 0 Å². The molecule has 0 aliphatic carbocycles. The minimum absolute atomic E-state index is 0.0209. The van der Waals surface area contributed by atoms with Gasteiger partial charge in [-0.1, -0.05) is 17.7 Å². The van der Waals surface area contributed by atoms with E-state index in [1.54, 1.807) is 12.1 Å². The molecule has 18 heavy (non-hydrogen) atoms. The summed E-state index contributed by atoms with van der Waals surface area (Å²) in [6, 6.07) is 6.43. The van der Waals surface area contributed by atoms with Crippen LogP contribution in [-0.4, -0.2) is 15.1 Å². The molecule has 2 aromatic rings. The third-order valence-corrected chi connectivity index (χ3v) is 2.61. The van der Waals surface area contributed by atoms with Crippen molar-refractivity contribution in [1.29, 1.82) is 5.26 Å². The van der Waals surface area contributed by atoms with E-state index in [1.807, 2.05) is 6.07 Å². The summed E-state index contributed by atoms with van der Waals surface area (Å²) in [6.07, 6.45) is 0.